The second kappa shape index (κ2) is 17.7. The molecular formula is C40H46Cl2N4O4. The van der Waals surface area contributed by atoms with E-state index in [4.69, 9.17) is 32.7 Å². The third kappa shape index (κ3) is 10.2. The highest BCUT2D eigenvalue weighted by Crippen LogP contribution is 2.30. The summed E-state index contributed by atoms with van der Waals surface area (Å²) in [5, 5.41) is 7.05. The van der Waals surface area contributed by atoms with Crippen molar-refractivity contribution in [2.24, 2.45) is 0 Å². The number of hydrogen-bond donors (Lipinski definition) is 2. The van der Waals surface area contributed by atoms with Gasteiger partial charge in [0, 0.05) is 48.9 Å². The van der Waals surface area contributed by atoms with Gasteiger partial charge >= 0.3 is 0 Å². The van der Waals surface area contributed by atoms with Crippen LogP contribution < -0.4 is 20.4 Å². The molecule has 2 saturated heterocycles. The molecule has 4 aromatic rings. The Kier molecular flexibility index (Phi) is 13.2. The average Bonchev–Trinajstić information content (AvgIpc) is 3.11. The first kappa shape index (κ1) is 37.2. The first-order valence-electron chi connectivity index (χ1n) is 17.0. The molecule has 0 unspecified atom stereocenters. The van der Waals surface area contributed by atoms with Gasteiger partial charge in [0.15, 0.2) is 0 Å². The maximum atomic E-state index is 12.5. The molecule has 2 amide bonds. The van der Waals surface area contributed by atoms with Gasteiger partial charge in [-0.1, -0.05) is 59.6 Å². The molecule has 6 rings (SSSR count). The predicted molar refractivity (Wildman–Crippen MR) is 205 cm³/mol. The van der Waals surface area contributed by atoms with Gasteiger partial charge in [-0.05, 0) is 97.5 Å². The largest absolute Gasteiger partial charge is 0.378 e. The van der Waals surface area contributed by atoms with E-state index in [2.05, 4.69) is 58.5 Å². The van der Waals surface area contributed by atoms with Crippen LogP contribution in [0.15, 0.2) is 72.8 Å². The zero-order valence-corrected chi connectivity index (χ0v) is 30.8. The Labute approximate surface area is 305 Å². The summed E-state index contributed by atoms with van der Waals surface area (Å²) in [4.78, 5) is 29.4. The van der Waals surface area contributed by atoms with Crippen molar-refractivity contribution in [3.63, 3.8) is 0 Å². The number of nitrogens with one attached hydrogen (secondary N) is 2. The Hall–Kier alpha value is -4.08. The van der Waals surface area contributed by atoms with Crippen molar-refractivity contribution in [1.29, 1.82) is 0 Å². The SMILES string of the molecule is Cc1cc(N2CCOCC2)cc(C)c1NC(=O)Cc1ccc(Cl)c(Cl)c1.Cc1cc(N2CCOCC2)cc(C)c1NC(=O)Cc1ccccc1. The molecule has 0 saturated carbocycles. The van der Waals surface area contributed by atoms with E-state index in [1.54, 1.807) is 12.1 Å². The summed E-state index contributed by atoms with van der Waals surface area (Å²) in [7, 11) is 0. The number of anilines is 4. The summed E-state index contributed by atoms with van der Waals surface area (Å²) in [6.07, 6.45) is 0.645. The summed E-state index contributed by atoms with van der Waals surface area (Å²) in [6, 6.07) is 23.6. The van der Waals surface area contributed by atoms with Gasteiger partial charge in [0.05, 0.1) is 49.3 Å². The van der Waals surface area contributed by atoms with E-state index >= 15 is 0 Å². The molecule has 0 spiro atoms. The van der Waals surface area contributed by atoms with E-state index in [9.17, 15) is 9.59 Å². The highest BCUT2D eigenvalue weighted by Gasteiger charge is 2.17. The molecule has 264 valence electrons. The quantitative estimate of drug-likeness (QED) is 0.193. The molecule has 0 atom stereocenters. The van der Waals surface area contributed by atoms with Gasteiger partial charge in [-0.15, -0.1) is 0 Å². The topological polar surface area (TPSA) is 83.1 Å². The van der Waals surface area contributed by atoms with E-state index in [0.717, 1.165) is 97.4 Å². The van der Waals surface area contributed by atoms with Crippen molar-refractivity contribution in [2.45, 2.75) is 40.5 Å². The number of hydrogen-bond acceptors (Lipinski definition) is 6. The maximum Gasteiger partial charge on any atom is 0.228 e. The Morgan fingerprint density at radius 1 is 0.580 bits per heavy atom. The lowest BCUT2D eigenvalue weighted by Crippen LogP contribution is -2.36. The number of ether oxygens (including phenoxy) is 2. The number of aryl methyl sites for hydroxylation is 4. The molecule has 2 N–H and O–H groups in total. The van der Waals surface area contributed by atoms with Crippen molar-refractivity contribution >= 4 is 57.8 Å². The number of amides is 2. The van der Waals surface area contributed by atoms with E-state index in [1.165, 1.54) is 11.4 Å². The molecule has 2 heterocycles. The van der Waals surface area contributed by atoms with Crippen LogP contribution in [-0.2, 0) is 31.9 Å². The highest BCUT2D eigenvalue weighted by atomic mass is 35.5. The normalized spacial score (nSPS) is 14.4. The van der Waals surface area contributed by atoms with E-state index < -0.39 is 0 Å². The molecule has 4 aromatic carbocycles. The third-order valence-corrected chi connectivity index (χ3v) is 9.61. The maximum absolute atomic E-state index is 12.5. The Morgan fingerprint density at radius 3 is 1.42 bits per heavy atom. The number of carbonyl (C=O) groups excluding carboxylic acids is 2. The van der Waals surface area contributed by atoms with Gasteiger partial charge in [-0.3, -0.25) is 9.59 Å². The van der Waals surface area contributed by atoms with Crippen LogP contribution in [0.25, 0.3) is 0 Å². The Balaban J connectivity index is 0.000000195. The number of carbonyl (C=O) groups is 2. The summed E-state index contributed by atoms with van der Waals surface area (Å²) in [5.74, 6) is -0.0553. The number of rotatable bonds is 8. The van der Waals surface area contributed by atoms with Crippen LogP contribution in [-0.4, -0.2) is 64.4 Å². The zero-order valence-electron chi connectivity index (χ0n) is 29.3. The lowest BCUT2D eigenvalue weighted by molar-refractivity contribution is -0.116. The molecule has 2 fully saturated rings. The summed E-state index contributed by atoms with van der Waals surface area (Å²) >= 11 is 11.9. The summed E-state index contributed by atoms with van der Waals surface area (Å²) in [6.45, 7) is 14.8. The molecule has 0 aliphatic carbocycles. The van der Waals surface area contributed by atoms with Crippen LogP contribution in [0.3, 0.4) is 0 Å². The summed E-state index contributed by atoms with van der Waals surface area (Å²) < 4.78 is 10.8. The van der Waals surface area contributed by atoms with Gasteiger partial charge in [0.2, 0.25) is 11.8 Å². The molecule has 0 radical (unpaired) electrons. The second-order valence-electron chi connectivity index (χ2n) is 12.8. The van der Waals surface area contributed by atoms with Crippen LogP contribution in [0.5, 0.6) is 0 Å². The number of benzene rings is 4. The predicted octanol–water partition coefficient (Wildman–Crippen LogP) is 7.95. The van der Waals surface area contributed by atoms with Crippen molar-refractivity contribution in [1.82, 2.24) is 0 Å². The minimum atomic E-state index is -0.0753. The fourth-order valence-electron chi connectivity index (χ4n) is 6.27. The number of halogens is 2. The van der Waals surface area contributed by atoms with Crippen LogP contribution in [0, 0.1) is 27.7 Å². The van der Waals surface area contributed by atoms with E-state index in [-0.39, 0.29) is 18.2 Å². The third-order valence-electron chi connectivity index (χ3n) is 8.87. The molecule has 10 heteroatoms. The fourth-order valence-corrected chi connectivity index (χ4v) is 6.59. The average molecular weight is 718 g/mol. The van der Waals surface area contributed by atoms with Crippen LogP contribution in [0.2, 0.25) is 10.0 Å². The second-order valence-corrected chi connectivity index (χ2v) is 13.6. The monoisotopic (exact) mass is 716 g/mol. The minimum Gasteiger partial charge on any atom is -0.378 e. The van der Waals surface area contributed by atoms with Crippen LogP contribution in [0.4, 0.5) is 22.7 Å². The van der Waals surface area contributed by atoms with Crippen molar-refractivity contribution in [2.75, 3.05) is 73.0 Å². The molecule has 2 aliphatic heterocycles. The van der Waals surface area contributed by atoms with Gasteiger partial charge in [-0.2, -0.15) is 0 Å². The number of nitrogens with zero attached hydrogens (tertiary/aromatic N) is 2. The van der Waals surface area contributed by atoms with Crippen molar-refractivity contribution in [3.8, 4) is 0 Å². The van der Waals surface area contributed by atoms with Crippen molar-refractivity contribution in [3.05, 3.63) is 116 Å². The van der Waals surface area contributed by atoms with E-state index in [0.29, 0.717) is 16.5 Å². The Morgan fingerprint density at radius 2 is 1.00 bits per heavy atom. The van der Waals surface area contributed by atoms with Gasteiger partial charge in [0.1, 0.15) is 0 Å². The molecule has 50 heavy (non-hydrogen) atoms. The smallest absolute Gasteiger partial charge is 0.228 e. The van der Waals surface area contributed by atoms with Crippen LogP contribution in [0.1, 0.15) is 33.4 Å². The number of morpholine rings is 2. The highest BCUT2D eigenvalue weighted by molar-refractivity contribution is 6.42. The van der Waals surface area contributed by atoms with Gasteiger partial charge < -0.3 is 29.9 Å². The van der Waals surface area contributed by atoms with Gasteiger partial charge in [-0.25, -0.2) is 0 Å². The molecule has 8 nitrogen and oxygen atoms in total. The lowest BCUT2D eigenvalue weighted by atomic mass is 10.1. The van der Waals surface area contributed by atoms with Gasteiger partial charge in [0.25, 0.3) is 0 Å². The van der Waals surface area contributed by atoms with Crippen LogP contribution >= 0.6 is 23.2 Å². The first-order chi connectivity index (χ1) is 24.1. The molecule has 0 aromatic heterocycles. The summed E-state index contributed by atoms with van der Waals surface area (Å²) in [5.41, 5.74) is 10.3. The fraction of sp³-hybridized carbons (Fsp3) is 0.350. The standard InChI is InChI=1S/C20H22Cl2N2O2.C20H24N2O2/c1-13-9-16(24-5-7-26-8-6-24)10-14(2)20(13)23-19(25)12-15-3-4-17(21)18(22)11-15;1-15-12-18(22-8-10-24-11-9-22)13-16(2)20(15)21-19(23)14-17-6-4-3-5-7-17/h3-4,9-11H,5-8,12H2,1-2H3,(H,23,25);3-7,12-13H,8-11,14H2,1-2H3,(H,21,23). The van der Waals surface area contributed by atoms with Crippen molar-refractivity contribution < 1.29 is 19.1 Å². The van der Waals surface area contributed by atoms with E-state index in [1.807, 2.05) is 50.2 Å². The minimum absolute atomic E-state index is 0.0199. The Bertz CT molecular complexity index is 1740. The molecule has 2 aliphatic rings. The molecular weight excluding hydrogens is 671 g/mol. The molecule has 0 bridgehead atoms. The zero-order chi connectivity index (χ0) is 35.6. The lowest BCUT2D eigenvalue weighted by Gasteiger charge is -2.30. The first-order valence-corrected chi connectivity index (χ1v) is 17.8.